The predicted molar refractivity (Wildman–Crippen MR) is 135 cm³/mol. The number of carbonyl (C=O) groups is 2. The highest BCUT2D eigenvalue weighted by atomic mass is 32.1. The Bertz CT molecular complexity index is 954. The first kappa shape index (κ1) is 27.5. The van der Waals surface area contributed by atoms with Gasteiger partial charge in [0.25, 0.3) is 0 Å². The predicted octanol–water partition coefficient (Wildman–Crippen LogP) is 5.20. The van der Waals surface area contributed by atoms with Gasteiger partial charge in [0.15, 0.2) is 0 Å². The molecule has 1 aliphatic heterocycles. The number of fused-ring (bicyclic) bond motifs is 2. The summed E-state index contributed by atoms with van der Waals surface area (Å²) in [5.41, 5.74) is 2.93. The van der Waals surface area contributed by atoms with Gasteiger partial charge in [-0.05, 0) is 46.1 Å². The summed E-state index contributed by atoms with van der Waals surface area (Å²) in [5.74, 6) is -0.612. The maximum atomic E-state index is 12.5. The van der Waals surface area contributed by atoms with Crippen molar-refractivity contribution in [1.82, 2.24) is 4.98 Å². The van der Waals surface area contributed by atoms with E-state index in [1.165, 1.54) is 6.08 Å². The number of aliphatic hydroxyl groups is 1. The molecule has 34 heavy (non-hydrogen) atoms. The molecule has 1 aromatic rings. The fourth-order valence-corrected chi connectivity index (χ4v) is 4.33. The lowest BCUT2D eigenvalue weighted by atomic mass is 10.1. The van der Waals surface area contributed by atoms with Gasteiger partial charge >= 0.3 is 11.9 Å². The molecule has 6 nitrogen and oxygen atoms in total. The van der Waals surface area contributed by atoms with E-state index in [0.29, 0.717) is 19.3 Å². The van der Waals surface area contributed by atoms with Gasteiger partial charge in [0.2, 0.25) is 0 Å². The Morgan fingerprint density at radius 3 is 2.79 bits per heavy atom. The highest BCUT2D eigenvalue weighted by Crippen LogP contribution is 2.18. The van der Waals surface area contributed by atoms with E-state index in [0.717, 1.165) is 41.1 Å². The van der Waals surface area contributed by atoms with Crippen molar-refractivity contribution < 1.29 is 24.2 Å². The second kappa shape index (κ2) is 15.2. The van der Waals surface area contributed by atoms with Crippen LogP contribution in [0, 0.1) is 0 Å². The maximum absolute atomic E-state index is 12.5. The lowest BCUT2D eigenvalue weighted by Crippen LogP contribution is -2.17. The van der Waals surface area contributed by atoms with E-state index < -0.39 is 12.1 Å². The molecule has 2 heterocycles. The molecule has 0 radical (unpaired) electrons. The van der Waals surface area contributed by atoms with Crippen LogP contribution in [0.3, 0.4) is 0 Å². The fraction of sp³-hybridized carbons (Fsp3) is 0.444. The number of allylic oxidation sites excluding steroid dienone is 6. The fourth-order valence-electron chi connectivity index (χ4n) is 3.46. The summed E-state index contributed by atoms with van der Waals surface area (Å²) < 4.78 is 11.2. The molecule has 0 spiro atoms. The number of esters is 2. The quantitative estimate of drug-likeness (QED) is 0.466. The topological polar surface area (TPSA) is 85.7 Å². The first-order valence-corrected chi connectivity index (χ1v) is 12.5. The van der Waals surface area contributed by atoms with Gasteiger partial charge in [-0.2, -0.15) is 0 Å². The Kier molecular flexibility index (Phi) is 12.3. The number of hydrogen-bond donors (Lipinski definition) is 1. The smallest absolute Gasteiger partial charge is 0.331 e. The molecule has 0 saturated carbocycles. The monoisotopic (exact) mass is 485 g/mol. The average Bonchev–Trinajstić information content (AvgIpc) is 3.20. The van der Waals surface area contributed by atoms with Gasteiger partial charge in [-0.1, -0.05) is 47.6 Å². The molecular formula is C27H35NO5S. The highest BCUT2D eigenvalue weighted by Gasteiger charge is 2.15. The molecule has 0 aliphatic carbocycles. The molecule has 1 aliphatic rings. The molecular weight excluding hydrogens is 450 g/mol. The number of nitrogens with zero attached hydrogens (tertiary/aromatic N) is 1. The molecule has 0 amide bonds. The standard InChI is InChI=1S/C27H35NO5S/c1-20-11-9-14-27(31)33-24(17-21(2)10-5-4-8-15-29)18-25-28-23(19-34-25)12-6-7-13-26(30)32-22(3)16-20/h4-5,8-11,14,17,19,22,24,29H,6-7,12-13,15-16,18H2,1-3H3/b8-4+,10-5+,14-9-,20-11+,21-17+/t22-,24+/m0/s1. The molecule has 0 unspecified atom stereocenters. The van der Waals surface area contributed by atoms with E-state index in [4.69, 9.17) is 19.6 Å². The van der Waals surface area contributed by atoms with Crippen molar-refractivity contribution in [3.63, 3.8) is 0 Å². The lowest BCUT2D eigenvalue weighted by Gasteiger charge is -2.13. The summed E-state index contributed by atoms with van der Waals surface area (Å²) in [7, 11) is 0. The Morgan fingerprint density at radius 2 is 2.00 bits per heavy atom. The second-order valence-electron chi connectivity index (χ2n) is 8.38. The number of cyclic esters (lactones) is 2. The number of aliphatic hydroxyl groups excluding tert-OH is 1. The minimum absolute atomic E-state index is 0.0117. The van der Waals surface area contributed by atoms with Crippen LogP contribution in [0.25, 0.3) is 0 Å². The molecule has 184 valence electrons. The van der Waals surface area contributed by atoms with Crippen molar-refractivity contribution >= 4 is 23.3 Å². The van der Waals surface area contributed by atoms with Gasteiger partial charge in [-0.25, -0.2) is 9.78 Å². The lowest BCUT2D eigenvalue weighted by molar-refractivity contribution is -0.148. The van der Waals surface area contributed by atoms with Crippen molar-refractivity contribution in [3.05, 3.63) is 75.8 Å². The molecule has 2 rings (SSSR count). The van der Waals surface area contributed by atoms with Crippen molar-refractivity contribution in [1.29, 1.82) is 0 Å². The van der Waals surface area contributed by atoms with Crippen LogP contribution in [-0.4, -0.2) is 40.8 Å². The van der Waals surface area contributed by atoms with Crippen molar-refractivity contribution in [3.8, 4) is 0 Å². The molecule has 7 heteroatoms. The van der Waals surface area contributed by atoms with Gasteiger partial charge in [0, 0.05) is 30.7 Å². The molecule has 2 bridgehead atoms. The van der Waals surface area contributed by atoms with E-state index in [9.17, 15) is 9.59 Å². The maximum Gasteiger partial charge on any atom is 0.331 e. The summed E-state index contributed by atoms with van der Waals surface area (Å²) in [6.07, 6.45) is 17.2. The van der Waals surface area contributed by atoms with E-state index in [-0.39, 0.29) is 18.7 Å². The number of hydrogen-bond acceptors (Lipinski definition) is 7. The number of thiazole rings is 1. The number of carbonyl (C=O) groups excluding carboxylic acids is 2. The van der Waals surface area contributed by atoms with Crippen LogP contribution < -0.4 is 0 Å². The SMILES string of the molecule is CC(/C=C/C=C/CO)=C\[C@@H]1Cc2nc(cs2)CCCCC(=O)O[C@@H](C)C/C(C)=C/C=C\C(=O)O1. The number of ether oxygens (including phenoxy) is 2. The number of aryl methyl sites for hydroxylation is 1. The average molecular weight is 486 g/mol. The van der Waals surface area contributed by atoms with Crippen molar-refractivity contribution in [2.75, 3.05) is 6.61 Å². The normalized spacial score (nSPS) is 24.6. The number of aromatic nitrogens is 1. The van der Waals surface area contributed by atoms with Crippen molar-refractivity contribution in [2.45, 2.75) is 71.5 Å². The van der Waals surface area contributed by atoms with Gasteiger partial charge in [-0.3, -0.25) is 4.79 Å². The van der Waals surface area contributed by atoms with Crippen LogP contribution in [0.2, 0.25) is 0 Å². The summed E-state index contributed by atoms with van der Waals surface area (Å²) in [6.45, 7) is 5.74. The summed E-state index contributed by atoms with van der Waals surface area (Å²) >= 11 is 1.55. The first-order valence-electron chi connectivity index (χ1n) is 11.7. The second-order valence-corrected chi connectivity index (χ2v) is 9.32. The van der Waals surface area contributed by atoms with Gasteiger partial charge in [0.1, 0.15) is 12.2 Å². The minimum Gasteiger partial charge on any atom is -0.462 e. The third-order valence-electron chi connectivity index (χ3n) is 5.02. The van der Waals surface area contributed by atoms with E-state index in [1.54, 1.807) is 29.6 Å². The molecule has 0 fully saturated rings. The molecule has 2 atom stereocenters. The third kappa shape index (κ3) is 11.4. The molecule has 0 aromatic carbocycles. The van der Waals surface area contributed by atoms with Crippen LogP contribution in [-0.2, 0) is 31.9 Å². The Hall–Kier alpha value is -2.77. The summed E-state index contributed by atoms with van der Waals surface area (Å²) in [6, 6.07) is 0. The van der Waals surface area contributed by atoms with Crippen LogP contribution in [0.5, 0.6) is 0 Å². The zero-order valence-electron chi connectivity index (χ0n) is 20.2. The Balaban J connectivity index is 2.21. The van der Waals surface area contributed by atoms with Crippen LogP contribution >= 0.6 is 11.3 Å². The van der Waals surface area contributed by atoms with Gasteiger partial charge in [0.05, 0.1) is 17.3 Å². The first-order chi connectivity index (χ1) is 16.4. The van der Waals surface area contributed by atoms with E-state index in [1.807, 2.05) is 50.5 Å². The Labute approximate surface area is 206 Å². The summed E-state index contributed by atoms with van der Waals surface area (Å²) in [5, 5.41) is 11.8. The molecule has 1 aromatic heterocycles. The van der Waals surface area contributed by atoms with Crippen LogP contribution in [0.4, 0.5) is 0 Å². The van der Waals surface area contributed by atoms with Gasteiger partial charge in [-0.15, -0.1) is 11.3 Å². The van der Waals surface area contributed by atoms with Gasteiger partial charge < -0.3 is 14.6 Å². The van der Waals surface area contributed by atoms with Crippen LogP contribution in [0.1, 0.15) is 57.2 Å². The zero-order chi connectivity index (χ0) is 24.8. The minimum atomic E-state index is -0.458. The number of rotatable bonds is 4. The van der Waals surface area contributed by atoms with E-state index in [2.05, 4.69) is 0 Å². The summed E-state index contributed by atoms with van der Waals surface area (Å²) in [4.78, 5) is 29.2. The van der Waals surface area contributed by atoms with E-state index >= 15 is 0 Å². The Morgan fingerprint density at radius 1 is 1.21 bits per heavy atom. The largest absolute Gasteiger partial charge is 0.462 e. The molecule has 0 saturated heterocycles. The molecule has 1 N–H and O–H groups in total. The van der Waals surface area contributed by atoms with Crippen LogP contribution in [0.15, 0.2) is 65.1 Å². The zero-order valence-corrected chi connectivity index (χ0v) is 21.1. The highest BCUT2D eigenvalue weighted by molar-refractivity contribution is 7.09. The third-order valence-corrected chi connectivity index (χ3v) is 5.94. The van der Waals surface area contributed by atoms with Crippen molar-refractivity contribution in [2.24, 2.45) is 0 Å².